The topological polar surface area (TPSA) is 58.1 Å². The Kier molecular flexibility index (Phi) is 4.61. The molecule has 6 heteroatoms. The second-order valence-corrected chi connectivity index (χ2v) is 7.39. The smallest absolute Gasteiger partial charge is 0.317 e. The number of para-hydroxylation sites is 1. The predicted molar refractivity (Wildman–Crippen MR) is 99.6 cm³/mol. The number of hydrogen-bond donors (Lipinski definition) is 1. The first-order valence-electron chi connectivity index (χ1n) is 8.57. The lowest BCUT2D eigenvalue weighted by atomic mass is 9.99. The minimum absolute atomic E-state index is 0.00494. The summed E-state index contributed by atoms with van der Waals surface area (Å²) >= 11 is 1.75. The van der Waals surface area contributed by atoms with E-state index in [-0.39, 0.29) is 6.03 Å². The number of benzene rings is 1. The number of likely N-dealkylation sites (tertiary alicyclic amines) is 1. The van der Waals surface area contributed by atoms with Gasteiger partial charge in [0.25, 0.3) is 0 Å². The first-order valence-corrected chi connectivity index (χ1v) is 9.38. The number of amides is 2. The molecule has 1 aliphatic heterocycles. The van der Waals surface area contributed by atoms with E-state index in [2.05, 4.69) is 22.4 Å². The molecular formula is C19H20N4OS. The molecule has 3 heterocycles. The summed E-state index contributed by atoms with van der Waals surface area (Å²) in [5.74, 6) is 0.329. The Morgan fingerprint density at radius 1 is 1.28 bits per heavy atom. The molecule has 5 nitrogen and oxygen atoms in total. The van der Waals surface area contributed by atoms with Gasteiger partial charge in [0, 0.05) is 37.9 Å². The number of urea groups is 1. The molecule has 128 valence electrons. The van der Waals surface area contributed by atoms with Crippen LogP contribution >= 0.6 is 11.3 Å². The van der Waals surface area contributed by atoms with Gasteiger partial charge in [-0.2, -0.15) is 0 Å². The van der Waals surface area contributed by atoms with Crippen LogP contribution in [0.25, 0.3) is 10.2 Å². The summed E-state index contributed by atoms with van der Waals surface area (Å²) in [6.07, 6.45) is 5.62. The van der Waals surface area contributed by atoms with Crippen LogP contribution in [0.1, 0.15) is 29.3 Å². The van der Waals surface area contributed by atoms with Gasteiger partial charge in [0.1, 0.15) is 0 Å². The summed E-state index contributed by atoms with van der Waals surface area (Å²) in [5, 5.41) is 4.14. The number of nitrogens with zero attached hydrogens (tertiary/aromatic N) is 3. The lowest BCUT2D eigenvalue weighted by molar-refractivity contribution is 0.179. The van der Waals surface area contributed by atoms with Crippen molar-refractivity contribution in [3.63, 3.8) is 0 Å². The van der Waals surface area contributed by atoms with Gasteiger partial charge in [-0.05, 0) is 36.6 Å². The van der Waals surface area contributed by atoms with Crippen LogP contribution in [0.4, 0.5) is 4.79 Å². The normalized spacial score (nSPS) is 17.6. The van der Waals surface area contributed by atoms with Crippen LogP contribution in [-0.4, -0.2) is 34.0 Å². The van der Waals surface area contributed by atoms with Crippen molar-refractivity contribution in [3.05, 3.63) is 59.4 Å². The summed E-state index contributed by atoms with van der Waals surface area (Å²) < 4.78 is 1.22. The van der Waals surface area contributed by atoms with E-state index in [4.69, 9.17) is 4.98 Å². The highest BCUT2D eigenvalue weighted by atomic mass is 32.1. The average Bonchev–Trinajstić information content (AvgIpc) is 3.11. The molecule has 2 aromatic heterocycles. The van der Waals surface area contributed by atoms with E-state index in [1.165, 1.54) is 4.70 Å². The molecule has 1 fully saturated rings. The highest BCUT2D eigenvalue weighted by Gasteiger charge is 2.26. The molecule has 1 unspecified atom stereocenters. The first kappa shape index (κ1) is 16.0. The van der Waals surface area contributed by atoms with Crippen molar-refractivity contribution < 1.29 is 4.79 Å². The van der Waals surface area contributed by atoms with Crippen LogP contribution in [0.2, 0.25) is 0 Å². The highest BCUT2D eigenvalue weighted by molar-refractivity contribution is 7.18. The fourth-order valence-electron chi connectivity index (χ4n) is 3.22. The maximum Gasteiger partial charge on any atom is 0.317 e. The van der Waals surface area contributed by atoms with Gasteiger partial charge in [-0.25, -0.2) is 9.78 Å². The number of piperidine rings is 1. The van der Waals surface area contributed by atoms with Gasteiger partial charge in [-0.15, -0.1) is 11.3 Å². The largest absolute Gasteiger partial charge is 0.334 e. The Hall–Kier alpha value is -2.47. The van der Waals surface area contributed by atoms with Crippen molar-refractivity contribution in [2.45, 2.75) is 25.3 Å². The minimum Gasteiger partial charge on any atom is -0.334 e. The number of pyridine rings is 1. The summed E-state index contributed by atoms with van der Waals surface area (Å²) in [6, 6.07) is 12.1. The standard InChI is InChI=1S/C19H20N4OS/c24-19(21-12-14-5-3-9-20-11-14)23-10-4-6-15(13-23)18-22-16-7-1-2-8-17(16)25-18/h1-3,5,7-9,11,15H,4,6,10,12-13H2,(H,21,24). The lowest BCUT2D eigenvalue weighted by Gasteiger charge is -2.31. The van der Waals surface area contributed by atoms with E-state index in [0.29, 0.717) is 12.5 Å². The van der Waals surface area contributed by atoms with E-state index in [9.17, 15) is 4.79 Å². The molecule has 0 saturated carbocycles. The zero-order chi connectivity index (χ0) is 17.1. The Morgan fingerprint density at radius 2 is 2.20 bits per heavy atom. The van der Waals surface area contributed by atoms with Crippen molar-refractivity contribution in [2.24, 2.45) is 0 Å². The summed E-state index contributed by atoms with van der Waals surface area (Å²) in [5.41, 5.74) is 2.07. The van der Waals surface area contributed by atoms with E-state index in [1.54, 1.807) is 23.7 Å². The Balaban J connectivity index is 1.41. The van der Waals surface area contributed by atoms with Crippen LogP contribution < -0.4 is 5.32 Å². The van der Waals surface area contributed by atoms with Crippen LogP contribution in [0.15, 0.2) is 48.8 Å². The molecular weight excluding hydrogens is 332 g/mol. The minimum atomic E-state index is -0.00494. The van der Waals surface area contributed by atoms with Crippen molar-refractivity contribution in [3.8, 4) is 0 Å². The van der Waals surface area contributed by atoms with Crippen molar-refractivity contribution in [2.75, 3.05) is 13.1 Å². The lowest BCUT2D eigenvalue weighted by Crippen LogP contribution is -2.44. The molecule has 2 amide bonds. The zero-order valence-corrected chi connectivity index (χ0v) is 14.7. The molecule has 1 aliphatic rings. The average molecular weight is 352 g/mol. The molecule has 1 atom stereocenters. The number of hydrogen-bond acceptors (Lipinski definition) is 4. The maximum absolute atomic E-state index is 12.5. The highest BCUT2D eigenvalue weighted by Crippen LogP contribution is 2.32. The number of thiazole rings is 1. The van der Waals surface area contributed by atoms with Gasteiger partial charge in [0.15, 0.2) is 0 Å². The molecule has 0 spiro atoms. The predicted octanol–water partition coefficient (Wildman–Crippen LogP) is 3.78. The van der Waals surface area contributed by atoms with Crippen LogP contribution in [0.3, 0.4) is 0 Å². The molecule has 0 aliphatic carbocycles. The van der Waals surface area contributed by atoms with Crippen molar-refractivity contribution in [1.82, 2.24) is 20.2 Å². The molecule has 25 heavy (non-hydrogen) atoms. The molecule has 0 bridgehead atoms. The summed E-state index contributed by atoms with van der Waals surface area (Å²) in [6.45, 7) is 2.05. The molecule has 3 aromatic rings. The van der Waals surface area contributed by atoms with Gasteiger partial charge >= 0.3 is 6.03 Å². The molecule has 1 N–H and O–H groups in total. The van der Waals surface area contributed by atoms with Gasteiger partial charge in [0.05, 0.1) is 15.2 Å². The van der Waals surface area contributed by atoms with Crippen molar-refractivity contribution in [1.29, 1.82) is 0 Å². The van der Waals surface area contributed by atoms with E-state index in [1.807, 2.05) is 29.2 Å². The number of carbonyl (C=O) groups is 1. The fraction of sp³-hybridized carbons (Fsp3) is 0.316. The third-order valence-electron chi connectivity index (χ3n) is 4.53. The Labute approximate surface area is 150 Å². The van der Waals surface area contributed by atoms with Crippen LogP contribution in [-0.2, 0) is 6.54 Å². The Bertz CT molecular complexity index is 831. The number of carbonyl (C=O) groups excluding carboxylic acids is 1. The second-order valence-electron chi connectivity index (χ2n) is 6.32. The number of fused-ring (bicyclic) bond motifs is 1. The number of rotatable bonds is 3. The Morgan fingerprint density at radius 3 is 3.04 bits per heavy atom. The summed E-state index contributed by atoms with van der Waals surface area (Å²) in [7, 11) is 0. The third kappa shape index (κ3) is 3.64. The number of aromatic nitrogens is 2. The molecule has 1 saturated heterocycles. The second kappa shape index (κ2) is 7.19. The number of nitrogens with one attached hydrogen (secondary N) is 1. The maximum atomic E-state index is 12.5. The van der Waals surface area contributed by atoms with Crippen molar-refractivity contribution >= 4 is 27.6 Å². The van der Waals surface area contributed by atoms with E-state index < -0.39 is 0 Å². The molecule has 0 radical (unpaired) electrons. The SMILES string of the molecule is O=C(NCc1cccnc1)N1CCCC(c2nc3ccccc3s2)C1. The van der Waals surface area contributed by atoms with E-state index in [0.717, 1.165) is 42.0 Å². The van der Waals surface area contributed by atoms with E-state index >= 15 is 0 Å². The quantitative estimate of drug-likeness (QED) is 0.780. The van der Waals surface area contributed by atoms with Gasteiger partial charge in [-0.3, -0.25) is 4.98 Å². The monoisotopic (exact) mass is 352 g/mol. The molecule has 4 rings (SSSR count). The first-order chi connectivity index (χ1) is 12.3. The summed E-state index contributed by atoms with van der Waals surface area (Å²) in [4.78, 5) is 23.3. The van der Waals surface area contributed by atoms with Crippen LogP contribution in [0.5, 0.6) is 0 Å². The molecule has 1 aromatic carbocycles. The zero-order valence-electron chi connectivity index (χ0n) is 13.9. The van der Waals surface area contributed by atoms with Crippen LogP contribution in [0, 0.1) is 0 Å². The van der Waals surface area contributed by atoms with Gasteiger partial charge in [-0.1, -0.05) is 18.2 Å². The fourth-order valence-corrected chi connectivity index (χ4v) is 4.31. The van der Waals surface area contributed by atoms with Gasteiger partial charge < -0.3 is 10.2 Å². The van der Waals surface area contributed by atoms with Gasteiger partial charge in [0.2, 0.25) is 0 Å². The third-order valence-corrected chi connectivity index (χ3v) is 5.73.